The van der Waals surface area contributed by atoms with Crippen molar-refractivity contribution in [2.75, 3.05) is 13.2 Å². The van der Waals surface area contributed by atoms with E-state index in [1.807, 2.05) is 18.4 Å². The summed E-state index contributed by atoms with van der Waals surface area (Å²) in [6.45, 7) is 19.3. The van der Waals surface area contributed by atoms with Crippen LogP contribution in [0, 0.1) is 33.6 Å². The molecule has 458 valence electrons. The molecule has 87 heavy (non-hydrogen) atoms. The Morgan fingerprint density at radius 2 is 1.13 bits per heavy atom. The first-order valence-corrected chi connectivity index (χ1v) is 36.6. The summed E-state index contributed by atoms with van der Waals surface area (Å²) in [5, 5.41) is 37.3. The molecule has 3 aromatic carbocycles. The van der Waals surface area contributed by atoms with Crippen LogP contribution in [0.15, 0.2) is 85.5 Å². The summed E-state index contributed by atoms with van der Waals surface area (Å²) in [5.74, 6) is -1.52. The molecule has 0 saturated heterocycles. The highest BCUT2D eigenvalue weighted by atomic mass is 28.3. The van der Waals surface area contributed by atoms with Crippen LogP contribution in [-0.4, -0.2) is 130 Å². The van der Waals surface area contributed by atoms with Gasteiger partial charge < -0.3 is 39.1 Å². The summed E-state index contributed by atoms with van der Waals surface area (Å²) in [4.78, 5) is 69.2. The number of nitrogens with zero attached hydrogens (tertiary/aromatic N) is 11. The number of benzene rings is 3. The largest absolute Gasteiger partial charge is 0.459 e. The van der Waals surface area contributed by atoms with Crippen molar-refractivity contribution in [3.8, 4) is 22.8 Å². The van der Waals surface area contributed by atoms with Crippen LogP contribution in [0.3, 0.4) is 0 Å². The van der Waals surface area contributed by atoms with Crippen LogP contribution in [0.1, 0.15) is 70.6 Å². The summed E-state index contributed by atoms with van der Waals surface area (Å²) in [5.41, 5.74) is 6.03. The Hall–Kier alpha value is -8.18. The van der Waals surface area contributed by atoms with Crippen molar-refractivity contribution in [1.82, 2.24) is 59.3 Å². The Morgan fingerprint density at radius 1 is 0.690 bits per heavy atom. The first-order chi connectivity index (χ1) is 41.3. The molecule has 0 bridgehead atoms. The number of fused-ring (bicyclic) bond motifs is 4. The van der Waals surface area contributed by atoms with Gasteiger partial charge in [-0.05, 0) is 112 Å². The highest BCUT2D eigenvalue weighted by Crippen LogP contribution is 2.36. The number of aliphatic hydroxyl groups is 1. The lowest BCUT2D eigenvalue weighted by Crippen LogP contribution is -2.46. The highest BCUT2D eigenvalue weighted by molar-refractivity contribution is 6.76. The van der Waals surface area contributed by atoms with Crippen molar-refractivity contribution >= 4 is 83.8 Å². The zero-order chi connectivity index (χ0) is 62.2. The first kappa shape index (κ1) is 61.9. The fourth-order valence-corrected chi connectivity index (χ4v) is 12.2. The number of aliphatic hydroxyl groups excluding tert-OH is 1. The maximum Gasteiger partial charge on any atom is 0.338 e. The Morgan fingerprint density at radius 3 is 1.54 bits per heavy atom. The van der Waals surface area contributed by atoms with E-state index in [-0.39, 0.29) is 84.3 Å². The van der Waals surface area contributed by atoms with Gasteiger partial charge in [0, 0.05) is 90.8 Å². The molecular weight excluding hydrogens is 1150 g/mol. The fraction of sp³-hybridized carbons (Fsp3) is 0.426. The molecule has 0 aliphatic heterocycles. The Balaban J connectivity index is 0.000000199. The van der Waals surface area contributed by atoms with Crippen LogP contribution in [-0.2, 0) is 41.8 Å². The number of nitro benzene ring substituents is 1. The molecule has 6 heterocycles. The number of aryl methyl sites for hydroxylation is 2. The van der Waals surface area contributed by atoms with Gasteiger partial charge in [0.05, 0.1) is 51.1 Å². The first-order valence-electron chi connectivity index (χ1n) is 29.1. The van der Waals surface area contributed by atoms with Gasteiger partial charge in [-0.15, -0.1) is 0 Å². The van der Waals surface area contributed by atoms with Crippen molar-refractivity contribution in [3.63, 3.8) is 0 Å². The van der Waals surface area contributed by atoms with E-state index in [2.05, 4.69) is 70.1 Å². The molecule has 2 amide bonds. The maximum absolute atomic E-state index is 14.0. The van der Waals surface area contributed by atoms with Gasteiger partial charge in [-0.3, -0.25) is 29.1 Å². The monoisotopic (exact) mass is 1230 g/mol. The molecule has 3 N–H and O–H groups in total. The lowest BCUT2D eigenvalue weighted by Gasteiger charge is -2.38. The highest BCUT2D eigenvalue weighted by Gasteiger charge is 2.38. The predicted molar refractivity (Wildman–Crippen MR) is 330 cm³/mol. The molecule has 2 fully saturated rings. The molecular formula is C61H73F2N13O9Si2. The quantitative estimate of drug-likeness (QED) is 0.0199. The number of hydrogen-bond acceptors (Lipinski definition) is 15. The van der Waals surface area contributed by atoms with Crippen LogP contribution in [0.4, 0.5) is 14.5 Å². The minimum Gasteiger partial charge on any atom is -0.459 e. The third-order valence-corrected chi connectivity index (χ3v) is 19.6. The number of halogens is 2. The van der Waals surface area contributed by atoms with Gasteiger partial charge in [0.1, 0.15) is 65.0 Å². The SMILES string of the molecule is CC(NC(=O)c1cn(COCC[Si](C)(C)C)c2ncc(-c3nn(C)c4cc(F)ccc34)nc12)C1CC(O)C1.CC(NC(=O)c1cn(COCC[Si](C)(C)C)c2ncc(-c3nn(C)c4cc(F)ccc34)nc12)C1CC(OC(=O)c2ccc([N+](=O)[O-])cc2)C1. The third-order valence-electron chi connectivity index (χ3n) is 16.2. The van der Waals surface area contributed by atoms with Crippen LogP contribution < -0.4 is 10.6 Å². The number of nitro groups is 1. The van der Waals surface area contributed by atoms with Crippen molar-refractivity contribution in [2.45, 2.75) is 129 Å². The summed E-state index contributed by atoms with van der Waals surface area (Å²) >= 11 is 0. The topological polar surface area (TPSA) is 263 Å². The van der Waals surface area contributed by atoms with E-state index in [1.54, 1.807) is 64.9 Å². The van der Waals surface area contributed by atoms with E-state index in [0.29, 0.717) is 112 Å². The number of aromatic nitrogens is 10. The normalized spacial score (nSPS) is 17.6. The molecule has 22 nitrogen and oxygen atoms in total. The molecule has 0 radical (unpaired) electrons. The summed E-state index contributed by atoms with van der Waals surface area (Å²) in [6.07, 6.45) is 8.56. The molecule has 2 aliphatic carbocycles. The van der Waals surface area contributed by atoms with Gasteiger partial charge in [0.2, 0.25) is 0 Å². The van der Waals surface area contributed by atoms with Gasteiger partial charge in [-0.2, -0.15) is 10.2 Å². The van der Waals surface area contributed by atoms with Crippen molar-refractivity contribution in [1.29, 1.82) is 0 Å². The number of rotatable bonds is 21. The molecule has 6 aromatic heterocycles. The van der Waals surface area contributed by atoms with Gasteiger partial charge in [0.25, 0.3) is 17.5 Å². The minimum absolute atomic E-state index is 0.0683. The zero-order valence-corrected chi connectivity index (χ0v) is 52.5. The number of esters is 1. The molecule has 0 spiro atoms. The number of non-ortho nitro benzene ring substituents is 1. The smallest absolute Gasteiger partial charge is 0.338 e. The molecule has 2 saturated carbocycles. The fourth-order valence-electron chi connectivity index (χ4n) is 10.7. The molecule has 2 unspecified atom stereocenters. The number of nitrogens with one attached hydrogen (secondary N) is 2. The van der Waals surface area contributed by atoms with Crippen molar-refractivity contribution < 1.29 is 47.4 Å². The zero-order valence-electron chi connectivity index (χ0n) is 50.5. The lowest BCUT2D eigenvalue weighted by atomic mass is 9.77. The second kappa shape index (κ2) is 25.3. The second-order valence-electron chi connectivity index (χ2n) is 25.3. The number of amides is 2. The van der Waals surface area contributed by atoms with E-state index >= 15 is 0 Å². The van der Waals surface area contributed by atoms with Crippen LogP contribution >= 0.6 is 0 Å². The summed E-state index contributed by atoms with van der Waals surface area (Å²) in [7, 11) is 0.939. The van der Waals surface area contributed by atoms with Crippen molar-refractivity contribution in [2.24, 2.45) is 25.9 Å². The Labute approximate surface area is 502 Å². The minimum atomic E-state index is -1.30. The predicted octanol–water partition coefficient (Wildman–Crippen LogP) is 10.4. The average Bonchev–Trinajstić information content (AvgIpc) is 1.69. The molecule has 9 aromatic rings. The van der Waals surface area contributed by atoms with E-state index in [4.69, 9.17) is 24.2 Å². The summed E-state index contributed by atoms with van der Waals surface area (Å²) in [6, 6.07) is 15.9. The molecule has 26 heteroatoms. The van der Waals surface area contributed by atoms with Crippen LogP contribution in [0.2, 0.25) is 51.4 Å². The number of ether oxygens (including phenoxy) is 3. The second-order valence-corrected chi connectivity index (χ2v) is 36.6. The van der Waals surface area contributed by atoms with Gasteiger partial charge >= 0.3 is 5.97 Å². The number of carbonyl (C=O) groups excluding carboxylic acids is 3. The number of hydrogen-bond donors (Lipinski definition) is 3. The summed E-state index contributed by atoms with van der Waals surface area (Å²) < 4.78 is 52.2. The van der Waals surface area contributed by atoms with E-state index in [0.717, 1.165) is 17.5 Å². The van der Waals surface area contributed by atoms with Gasteiger partial charge in [-0.1, -0.05) is 39.3 Å². The molecule has 2 atom stereocenters. The van der Waals surface area contributed by atoms with Crippen molar-refractivity contribution in [3.05, 3.63) is 124 Å². The standard InChI is InChI=1S/C34H38FN7O6Si.C27H35FN6O3Si/c1-20(22-14-25(15-22)48-34(44)21-6-9-24(10-7-21)42(45)46)37-33(43)27-18-41(19-47-12-13-49(3,4)5)32-31(27)38-28(17-36-32)30-26-11-8-23(35)16-29(26)40(2)39-30;1-16(17-10-19(35)11-17)30-27(36)21-14-34(15-37-8-9-38(3,4)5)26-25(21)31-22(13-29-26)24-20-7-6-18(28)12-23(20)33(2)32-24/h6-11,16-18,20,22,25H,12-15,19H2,1-5H3,(H,37,43);6-7,12-14,16-17,19,35H,8-11,15H2,1-5H3,(H,30,36). The van der Waals surface area contributed by atoms with E-state index in [9.17, 15) is 38.4 Å². The molecule has 2 aliphatic rings. The van der Waals surface area contributed by atoms with Crippen LogP contribution in [0.25, 0.3) is 66.9 Å². The van der Waals surface area contributed by atoms with E-state index < -0.39 is 27.0 Å². The number of carbonyl (C=O) groups is 3. The lowest BCUT2D eigenvalue weighted by molar-refractivity contribution is -0.384. The van der Waals surface area contributed by atoms with Gasteiger partial charge in [0.15, 0.2) is 11.3 Å². The Bertz CT molecular complexity index is 4050. The maximum atomic E-state index is 14.0. The van der Waals surface area contributed by atoms with Gasteiger partial charge in [-0.25, -0.2) is 33.5 Å². The Kier molecular flexibility index (Phi) is 18.0. The average molecular weight is 1230 g/mol. The van der Waals surface area contributed by atoms with Crippen LogP contribution in [0.5, 0.6) is 0 Å². The molecule has 11 rings (SSSR count). The van der Waals surface area contributed by atoms with E-state index in [1.165, 1.54) is 48.5 Å². The third kappa shape index (κ3) is 14.1.